The van der Waals surface area contributed by atoms with Crippen LogP contribution in [0.4, 0.5) is 32.0 Å². The molecule has 1 N–H and O–H groups in total. The minimum absolute atomic E-state index is 0.156. The Kier molecular flexibility index (Phi) is 6.57. The standard InChI is InChI=1S/C23H20F6N2/c1-15-13-16(20-10-8-17(14-30-20)23(27,28)29)7-9-19(15)21(11-12-22(24,25)26)31-18-5-3-2-4-6-18/h2-10,13-14,21,31H,11-12H2,1H3. The van der Waals surface area contributed by atoms with Crippen LogP contribution in [0, 0.1) is 6.92 Å². The van der Waals surface area contributed by atoms with Gasteiger partial charge in [-0.2, -0.15) is 26.3 Å². The Morgan fingerprint density at radius 3 is 2.16 bits per heavy atom. The first kappa shape index (κ1) is 22.7. The maximum Gasteiger partial charge on any atom is 0.417 e. The van der Waals surface area contributed by atoms with Gasteiger partial charge in [-0.3, -0.25) is 4.98 Å². The van der Waals surface area contributed by atoms with Gasteiger partial charge in [-0.05, 0) is 54.8 Å². The average molecular weight is 438 g/mol. The zero-order valence-electron chi connectivity index (χ0n) is 16.6. The molecule has 0 aliphatic carbocycles. The molecule has 31 heavy (non-hydrogen) atoms. The maximum absolute atomic E-state index is 12.9. The van der Waals surface area contributed by atoms with Gasteiger partial charge in [-0.25, -0.2) is 0 Å². The quantitative estimate of drug-likeness (QED) is 0.402. The van der Waals surface area contributed by atoms with Crippen molar-refractivity contribution < 1.29 is 26.3 Å². The van der Waals surface area contributed by atoms with Crippen molar-refractivity contribution in [3.63, 3.8) is 0 Å². The number of pyridine rings is 1. The number of hydrogen-bond donors (Lipinski definition) is 1. The van der Waals surface area contributed by atoms with E-state index in [1.807, 2.05) is 6.07 Å². The molecular weight excluding hydrogens is 418 g/mol. The van der Waals surface area contributed by atoms with E-state index in [1.165, 1.54) is 6.07 Å². The minimum atomic E-state index is -4.47. The number of alkyl halides is 6. The molecule has 2 nitrogen and oxygen atoms in total. The highest BCUT2D eigenvalue weighted by Gasteiger charge is 2.31. The predicted molar refractivity (Wildman–Crippen MR) is 108 cm³/mol. The number of nitrogens with zero attached hydrogens (tertiary/aromatic N) is 1. The van der Waals surface area contributed by atoms with Crippen LogP contribution >= 0.6 is 0 Å². The third kappa shape index (κ3) is 6.23. The number of halogens is 6. The lowest BCUT2D eigenvalue weighted by molar-refractivity contribution is -0.138. The lowest BCUT2D eigenvalue weighted by atomic mass is 9.94. The molecule has 0 aliphatic heterocycles. The Balaban J connectivity index is 1.87. The molecule has 0 aliphatic rings. The first-order chi connectivity index (χ1) is 14.5. The highest BCUT2D eigenvalue weighted by atomic mass is 19.4. The molecular formula is C23H20F6N2. The first-order valence-corrected chi connectivity index (χ1v) is 9.55. The van der Waals surface area contributed by atoms with E-state index >= 15 is 0 Å². The van der Waals surface area contributed by atoms with Gasteiger partial charge >= 0.3 is 12.4 Å². The van der Waals surface area contributed by atoms with Gasteiger partial charge < -0.3 is 5.32 Å². The lowest BCUT2D eigenvalue weighted by Gasteiger charge is -2.23. The Morgan fingerprint density at radius 2 is 1.61 bits per heavy atom. The van der Waals surface area contributed by atoms with Crippen LogP contribution in [0.15, 0.2) is 66.9 Å². The molecule has 1 atom stereocenters. The number of hydrogen-bond acceptors (Lipinski definition) is 2. The van der Waals surface area contributed by atoms with Gasteiger partial charge in [0.2, 0.25) is 0 Å². The molecule has 0 bridgehead atoms. The summed E-state index contributed by atoms with van der Waals surface area (Å²) in [5.74, 6) is 0. The van der Waals surface area contributed by atoms with E-state index in [9.17, 15) is 26.3 Å². The number of aromatic nitrogens is 1. The third-order valence-electron chi connectivity index (χ3n) is 4.86. The van der Waals surface area contributed by atoms with Crippen molar-refractivity contribution in [2.24, 2.45) is 0 Å². The van der Waals surface area contributed by atoms with Gasteiger partial charge in [0.15, 0.2) is 0 Å². The maximum atomic E-state index is 12.9. The number of rotatable bonds is 6. The van der Waals surface area contributed by atoms with Crippen molar-refractivity contribution in [3.8, 4) is 11.3 Å². The first-order valence-electron chi connectivity index (χ1n) is 9.55. The molecule has 0 amide bonds. The predicted octanol–water partition coefficient (Wildman–Crippen LogP) is 7.57. The highest BCUT2D eigenvalue weighted by molar-refractivity contribution is 5.62. The molecule has 0 fully saturated rings. The molecule has 164 valence electrons. The van der Waals surface area contributed by atoms with Gasteiger partial charge in [-0.1, -0.05) is 30.3 Å². The molecule has 3 aromatic rings. The summed E-state index contributed by atoms with van der Waals surface area (Å²) < 4.78 is 76.8. The van der Waals surface area contributed by atoms with E-state index in [0.717, 1.165) is 17.8 Å². The van der Waals surface area contributed by atoms with Gasteiger partial charge in [0.1, 0.15) is 0 Å². The fourth-order valence-electron chi connectivity index (χ4n) is 3.31. The zero-order valence-corrected chi connectivity index (χ0v) is 16.6. The number of aryl methyl sites for hydroxylation is 1. The van der Waals surface area contributed by atoms with Crippen molar-refractivity contribution in [2.75, 3.05) is 5.32 Å². The molecule has 1 unspecified atom stereocenters. The summed E-state index contributed by atoms with van der Waals surface area (Å²) >= 11 is 0. The van der Waals surface area contributed by atoms with E-state index in [1.54, 1.807) is 49.4 Å². The molecule has 0 spiro atoms. The van der Waals surface area contributed by atoms with E-state index in [-0.39, 0.29) is 6.42 Å². The third-order valence-corrected chi connectivity index (χ3v) is 4.86. The normalized spacial score (nSPS) is 13.1. The molecule has 1 heterocycles. The highest BCUT2D eigenvalue weighted by Crippen LogP contribution is 2.34. The van der Waals surface area contributed by atoms with Crippen LogP contribution < -0.4 is 5.32 Å². The second-order valence-electron chi connectivity index (χ2n) is 7.22. The van der Waals surface area contributed by atoms with Crippen LogP contribution in [-0.4, -0.2) is 11.2 Å². The molecule has 2 aromatic carbocycles. The minimum Gasteiger partial charge on any atom is -0.378 e. The van der Waals surface area contributed by atoms with Crippen molar-refractivity contribution in [1.82, 2.24) is 4.98 Å². The van der Waals surface area contributed by atoms with Crippen molar-refractivity contribution in [1.29, 1.82) is 0 Å². The zero-order chi connectivity index (χ0) is 22.6. The van der Waals surface area contributed by atoms with E-state index in [0.29, 0.717) is 22.5 Å². The fourth-order valence-corrected chi connectivity index (χ4v) is 3.31. The molecule has 1 aromatic heterocycles. The summed E-state index contributed by atoms with van der Waals surface area (Å²) in [7, 11) is 0. The lowest BCUT2D eigenvalue weighted by Crippen LogP contribution is -2.16. The Morgan fingerprint density at radius 1 is 0.903 bits per heavy atom. The van der Waals surface area contributed by atoms with Gasteiger partial charge in [0, 0.05) is 23.9 Å². The van der Waals surface area contributed by atoms with Crippen LogP contribution in [0.5, 0.6) is 0 Å². The molecule has 8 heteroatoms. The van der Waals surface area contributed by atoms with E-state index in [2.05, 4.69) is 10.3 Å². The summed E-state index contributed by atoms with van der Waals surface area (Å²) in [6.07, 6.45) is -9.09. The number of anilines is 1. The van der Waals surface area contributed by atoms with Crippen LogP contribution in [0.1, 0.15) is 35.6 Å². The second-order valence-corrected chi connectivity index (χ2v) is 7.22. The summed E-state index contributed by atoms with van der Waals surface area (Å²) in [5.41, 5.74) is 2.19. The van der Waals surface area contributed by atoms with E-state index in [4.69, 9.17) is 0 Å². The Hall–Kier alpha value is -3.03. The molecule has 0 radical (unpaired) electrons. The van der Waals surface area contributed by atoms with Crippen molar-refractivity contribution >= 4 is 5.69 Å². The van der Waals surface area contributed by atoms with Gasteiger partial charge in [0.05, 0.1) is 17.3 Å². The summed E-state index contributed by atoms with van der Waals surface area (Å²) in [6.45, 7) is 1.76. The monoisotopic (exact) mass is 438 g/mol. The summed E-state index contributed by atoms with van der Waals surface area (Å²) in [5, 5.41) is 3.15. The molecule has 0 saturated carbocycles. The number of benzene rings is 2. The molecule has 0 saturated heterocycles. The van der Waals surface area contributed by atoms with Crippen LogP contribution in [0.25, 0.3) is 11.3 Å². The number of nitrogens with one attached hydrogen (secondary N) is 1. The van der Waals surface area contributed by atoms with Gasteiger partial charge in [-0.15, -0.1) is 0 Å². The van der Waals surface area contributed by atoms with Gasteiger partial charge in [0.25, 0.3) is 0 Å². The average Bonchev–Trinajstić information content (AvgIpc) is 2.71. The SMILES string of the molecule is Cc1cc(-c2ccc(C(F)(F)F)cn2)ccc1C(CCC(F)(F)F)Nc1ccccc1. The van der Waals surface area contributed by atoms with Crippen LogP contribution in [0.3, 0.4) is 0 Å². The second kappa shape index (κ2) is 8.99. The van der Waals surface area contributed by atoms with Crippen molar-refractivity contribution in [3.05, 3.63) is 83.6 Å². The number of para-hydroxylation sites is 1. The van der Waals surface area contributed by atoms with Crippen LogP contribution in [0.2, 0.25) is 0 Å². The summed E-state index contributed by atoms with van der Waals surface area (Å²) in [4.78, 5) is 3.88. The van der Waals surface area contributed by atoms with E-state index < -0.39 is 30.4 Å². The fraction of sp³-hybridized carbons (Fsp3) is 0.261. The largest absolute Gasteiger partial charge is 0.417 e. The summed E-state index contributed by atoms with van der Waals surface area (Å²) in [6, 6.07) is 15.7. The van der Waals surface area contributed by atoms with Crippen LogP contribution in [-0.2, 0) is 6.18 Å². The Labute approximate surface area is 175 Å². The molecule has 3 rings (SSSR count). The van der Waals surface area contributed by atoms with Crippen molar-refractivity contribution in [2.45, 2.75) is 38.2 Å². The Bertz CT molecular complexity index is 995. The topological polar surface area (TPSA) is 24.9 Å². The smallest absolute Gasteiger partial charge is 0.378 e.